The highest BCUT2D eigenvalue weighted by Crippen LogP contribution is 2.18. The first kappa shape index (κ1) is 8.43. The van der Waals surface area contributed by atoms with Crippen molar-refractivity contribution in [3.8, 4) is 5.75 Å². The number of aromatic amines is 1. The van der Waals surface area contributed by atoms with Gasteiger partial charge in [-0.3, -0.25) is 5.10 Å². The first-order valence-electron chi connectivity index (χ1n) is 4.05. The van der Waals surface area contributed by atoms with Gasteiger partial charge in [-0.05, 0) is 24.3 Å². The molecule has 0 saturated heterocycles. The van der Waals surface area contributed by atoms with Gasteiger partial charge in [0, 0.05) is 6.07 Å². The number of aromatic nitrogens is 2. The first-order chi connectivity index (χ1) is 6.84. The molecule has 70 valence electrons. The maximum atomic E-state index is 9.02. The number of phenols is 1. The highest BCUT2D eigenvalue weighted by Gasteiger charge is 1.91. The van der Waals surface area contributed by atoms with Gasteiger partial charge in [-0.2, -0.15) is 5.10 Å². The van der Waals surface area contributed by atoms with Gasteiger partial charge in [0.15, 0.2) is 5.82 Å². The number of hydrogen-bond donors (Lipinski definition) is 2. The molecular weight excluding hydrogens is 180 g/mol. The van der Waals surface area contributed by atoms with Crippen LogP contribution in [0.1, 0.15) is 0 Å². The molecule has 14 heavy (non-hydrogen) atoms. The zero-order chi connectivity index (χ0) is 9.80. The third-order valence-corrected chi connectivity index (χ3v) is 1.61. The van der Waals surface area contributed by atoms with Gasteiger partial charge in [0.05, 0.1) is 11.9 Å². The van der Waals surface area contributed by atoms with Crippen LogP contribution in [0.25, 0.3) is 0 Å². The molecule has 5 nitrogen and oxygen atoms in total. The fourth-order valence-electron chi connectivity index (χ4n) is 0.935. The fraction of sp³-hybridized carbons (Fsp3) is 0. The van der Waals surface area contributed by atoms with Crippen molar-refractivity contribution < 1.29 is 5.11 Å². The number of H-pyrrole nitrogens is 1. The molecule has 0 aliphatic carbocycles. The number of phenolic OH excluding ortho intramolecular Hbond substituents is 1. The van der Waals surface area contributed by atoms with E-state index in [1.165, 1.54) is 0 Å². The van der Waals surface area contributed by atoms with Crippen LogP contribution in [0.3, 0.4) is 0 Å². The maximum Gasteiger partial charge on any atom is 0.170 e. The van der Waals surface area contributed by atoms with Gasteiger partial charge in [-0.15, -0.1) is 10.2 Å². The average molecular weight is 188 g/mol. The molecular formula is C9H8N4O. The Bertz CT molecular complexity index is 419. The van der Waals surface area contributed by atoms with E-state index in [2.05, 4.69) is 20.4 Å². The lowest BCUT2D eigenvalue weighted by atomic mass is 10.3. The molecule has 0 aliphatic rings. The standard InChI is InChI=1S/C9H8N4O/c14-8-3-1-7(2-4-8)11-13-9-5-6-10-12-9/h1-6,14H,(H,10,12)/b13-11+. The summed E-state index contributed by atoms with van der Waals surface area (Å²) >= 11 is 0. The molecule has 0 bridgehead atoms. The molecule has 1 aromatic carbocycles. The molecule has 1 heterocycles. The number of hydrogen-bond acceptors (Lipinski definition) is 4. The van der Waals surface area contributed by atoms with E-state index in [0.717, 1.165) is 0 Å². The summed E-state index contributed by atoms with van der Waals surface area (Å²) in [6.45, 7) is 0. The van der Waals surface area contributed by atoms with Crippen LogP contribution in [-0.2, 0) is 0 Å². The van der Waals surface area contributed by atoms with E-state index < -0.39 is 0 Å². The van der Waals surface area contributed by atoms with Gasteiger partial charge in [0.1, 0.15) is 5.75 Å². The Morgan fingerprint density at radius 2 is 1.86 bits per heavy atom. The van der Waals surface area contributed by atoms with E-state index >= 15 is 0 Å². The molecule has 0 unspecified atom stereocenters. The fourth-order valence-corrected chi connectivity index (χ4v) is 0.935. The van der Waals surface area contributed by atoms with Crippen molar-refractivity contribution in [1.82, 2.24) is 10.2 Å². The second kappa shape index (κ2) is 3.69. The summed E-state index contributed by atoms with van der Waals surface area (Å²) in [6, 6.07) is 8.18. The Morgan fingerprint density at radius 3 is 2.50 bits per heavy atom. The predicted octanol–water partition coefficient (Wildman–Crippen LogP) is 2.53. The maximum absolute atomic E-state index is 9.02. The monoisotopic (exact) mass is 188 g/mol. The number of nitrogens with one attached hydrogen (secondary N) is 1. The van der Waals surface area contributed by atoms with Gasteiger partial charge in [0.25, 0.3) is 0 Å². The second-order valence-corrected chi connectivity index (χ2v) is 2.66. The molecule has 0 atom stereocenters. The predicted molar refractivity (Wildman–Crippen MR) is 50.9 cm³/mol. The number of nitrogens with zero attached hydrogens (tertiary/aromatic N) is 3. The molecule has 5 heteroatoms. The molecule has 0 aliphatic heterocycles. The minimum Gasteiger partial charge on any atom is -0.508 e. The number of benzene rings is 1. The van der Waals surface area contributed by atoms with Crippen LogP contribution in [0.5, 0.6) is 5.75 Å². The van der Waals surface area contributed by atoms with Gasteiger partial charge in [-0.25, -0.2) is 0 Å². The van der Waals surface area contributed by atoms with Crippen LogP contribution in [0.4, 0.5) is 11.5 Å². The Balaban J connectivity index is 2.15. The molecule has 2 aromatic rings. The smallest absolute Gasteiger partial charge is 0.170 e. The third kappa shape index (κ3) is 1.95. The minimum absolute atomic E-state index is 0.213. The SMILES string of the molecule is Oc1ccc(/N=N/c2ccn[nH]2)cc1. The number of azo groups is 1. The van der Waals surface area contributed by atoms with Crippen LogP contribution >= 0.6 is 0 Å². The van der Waals surface area contributed by atoms with E-state index in [4.69, 9.17) is 5.11 Å². The van der Waals surface area contributed by atoms with E-state index in [-0.39, 0.29) is 5.75 Å². The van der Waals surface area contributed by atoms with Crippen LogP contribution in [0, 0.1) is 0 Å². The van der Waals surface area contributed by atoms with Crippen molar-refractivity contribution in [2.45, 2.75) is 0 Å². The summed E-state index contributed by atoms with van der Waals surface area (Å²) in [7, 11) is 0. The summed E-state index contributed by atoms with van der Waals surface area (Å²) in [5, 5.41) is 23.2. The third-order valence-electron chi connectivity index (χ3n) is 1.61. The van der Waals surface area contributed by atoms with Crippen molar-refractivity contribution >= 4 is 11.5 Å². The normalized spacial score (nSPS) is 10.9. The zero-order valence-corrected chi connectivity index (χ0v) is 7.25. The van der Waals surface area contributed by atoms with Gasteiger partial charge >= 0.3 is 0 Å². The molecule has 2 rings (SSSR count). The zero-order valence-electron chi connectivity index (χ0n) is 7.25. The lowest BCUT2D eigenvalue weighted by molar-refractivity contribution is 0.475. The van der Waals surface area contributed by atoms with Crippen LogP contribution in [0.2, 0.25) is 0 Å². The van der Waals surface area contributed by atoms with Crippen molar-refractivity contribution in [2.75, 3.05) is 0 Å². The van der Waals surface area contributed by atoms with E-state index in [9.17, 15) is 0 Å². The number of aromatic hydroxyl groups is 1. The topological polar surface area (TPSA) is 73.6 Å². The van der Waals surface area contributed by atoms with E-state index in [1.807, 2.05) is 0 Å². The van der Waals surface area contributed by atoms with Crippen LogP contribution in [-0.4, -0.2) is 15.3 Å². The molecule has 1 aromatic heterocycles. The summed E-state index contributed by atoms with van der Waals surface area (Å²) < 4.78 is 0. The van der Waals surface area contributed by atoms with E-state index in [0.29, 0.717) is 11.5 Å². The molecule has 0 amide bonds. The number of rotatable bonds is 2. The summed E-state index contributed by atoms with van der Waals surface area (Å²) in [6.07, 6.45) is 1.60. The first-order valence-corrected chi connectivity index (χ1v) is 4.05. The summed E-state index contributed by atoms with van der Waals surface area (Å²) in [5.74, 6) is 0.809. The van der Waals surface area contributed by atoms with Gasteiger partial charge in [0.2, 0.25) is 0 Å². The van der Waals surface area contributed by atoms with Gasteiger partial charge < -0.3 is 5.11 Å². The quantitative estimate of drug-likeness (QED) is 0.710. The summed E-state index contributed by atoms with van der Waals surface area (Å²) in [5.41, 5.74) is 0.678. The molecule has 0 radical (unpaired) electrons. The van der Waals surface area contributed by atoms with Crippen LogP contribution < -0.4 is 0 Å². The van der Waals surface area contributed by atoms with Gasteiger partial charge in [-0.1, -0.05) is 0 Å². The lowest BCUT2D eigenvalue weighted by Crippen LogP contribution is -1.65. The Hall–Kier alpha value is -2.17. The van der Waals surface area contributed by atoms with Crippen molar-refractivity contribution in [2.24, 2.45) is 10.2 Å². The molecule has 0 saturated carbocycles. The van der Waals surface area contributed by atoms with Crippen molar-refractivity contribution in [3.63, 3.8) is 0 Å². The second-order valence-electron chi connectivity index (χ2n) is 2.66. The minimum atomic E-state index is 0.213. The summed E-state index contributed by atoms with van der Waals surface area (Å²) in [4.78, 5) is 0. The average Bonchev–Trinajstić information content (AvgIpc) is 2.70. The largest absolute Gasteiger partial charge is 0.508 e. The van der Waals surface area contributed by atoms with E-state index in [1.54, 1.807) is 36.5 Å². The Morgan fingerprint density at radius 1 is 1.07 bits per heavy atom. The van der Waals surface area contributed by atoms with Crippen LogP contribution in [0.15, 0.2) is 46.8 Å². The molecule has 0 spiro atoms. The molecule has 0 fully saturated rings. The molecule has 2 N–H and O–H groups in total. The lowest BCUT2D eigenvalue weighted by Gasteiger charge is -1.91. The highest BCUT2D eigenvalue weighted by molar-refractivity contribution is 5.40. The highest BCUT2D eigenvalue weighted by atomic mass is 16.3. The Labute approximate surface area is 80.1 Å². The van der Waals surface area contributed by atoms with Crippen molar-refractivity contribution in [3.05, 3.63) is 36.5 Å². The van der Waals surface area contributed by atoms with Crippen molar-refractivity contribution in [1.29, 1.82) is 0 Å². The Kier molecular flexibility index (Phi) is 2.22.